The summed E-state index contributed by atoms with van der Waals surface area (Å²) < 4.78 is 4.68. The molecule has 3 rings (SSSR count). The lowest BCUT2D eigenvalue weighted by molar-refractivity contribution is 0.0600. The van der Waals surface area contributed by atoms with Gasteiger partial charge in [0.15, 0.2) is 0 Å². The van der Waals surface area contributed by atoms with E-state index in [1.807, 2.05) is 30.3 Å². The smallest absolute Gasteiger partial charge is 0.337 e. The third-order valence-corrected chi connectivity index (χ3v) is 3.72. The van der Waals surface area contributed by atoms with Crippen molar-refractivity contribution in [3.63, 3.8) is 0 Å². The van der Waals surface area contributed by atoms with Crippen molar-refractivity contribution in [1.29, 1.82) is 0 Å². The van der Waals surface area contributed by atoms with E-state index in [9.17, 15) is 9.59 Å². The average molecular weight is 362 g/mol. The number of amides is 1. The number of rotatable bonds is 6. The Morgan fingerprint density at radius 3 is 2.63 bits per heavy atom. The van der Waals surface area contributed by atoms with Crippen molar-refractivity contribution in [3.8, 4) is 0 Å². The molecule has 0 bridgehead atoms. The number of aromatic nitrogens is 2. The number of anilines is 2. The van der Waals surface area contributed by atoms with Gasteiger partial charge in [0.25, 0.3) is 5.91 Å². The number of hydrogen-bond acceptors (Lipinski definition) is 6. The van der Waals surface area contributed by atoms with Crippen LogP contribution in [-0.2, 0) is 11.3 Å². The fourth-order valence-corrected chi connectivity index (χ4v) is 2.38. The number of carbonyl (C=O) groups is 2. The molecule has 0 saturated heterocycles. The molecular weight excluding hydrogens is 344 g/mol. The van der Waals surface area contributed by atoms with Crippen LogP contribution >= 0.6 is 0 Å². The molecule has 0 spiro atoms. The van der Waals surface area contributed by atoms with Gasteiger partial charge in [-0.1, -0.05) is 36.4 Å². The Morgan fingerprint density at radius 1 is 1.04 bits per heavy atom. The second kappa shape index (κ2) is 8.57. The van der Waals surface area contributed by atoms with E-state index in [0.29, 0.717) is 23.7 Å². The first kappa shape index (κ1) is 18.1. The average Bonchev–Trinajstić information content (AvgIpc) is 2.73. The molecule has 0 atom stereocenters. The number of carbonyl (C=O) groups excluding carboxylic acids is 2. The molecule has 1 amide bonds. The van der Waals surface area contributed by atoms with Gasteiger partial charge in [0.05, 0.1) is 12.7 Å². The van der Waals surface area contributed by atoms with Crippen molar-refractivity contribution in [2.75, 3.05) is 17.7 Å². The molecule has 136 valence electrons. The van der Waals surface area contributed by atoms with Gasteiger partial charge in [-0.15, -0.1) is 0 Å². The fraction of sp³-hybridized carbons (Fsp3) is 0.100. The molecule has 1 aromatic heterocycles. The Kier molecular flexibility index (Phi) is 5.73. The summed E-state index contributed by atoms with van der Waals surface area (Å²) in [6.07, 6.45) is 1.51. The van der Waals surface area contributed by atoms with Gasteiger partial charge >= 0.3 is 5.97 Å². The van der Waals surface area contributed by atoms with Gasteiger partial charge in [0, 0.05) is 18.4 Å². The Morgan fingerprint density at radius 2 is 1.85 bits per heavy atom. The lowest BCUT2D eigenvalue weighted by Gasteiger charge is -2.08. The molecule has 0 aliphatic rings. The number of esters is 1. The van der Waals surface area contributed by atoms with Gasteiger partial charge in [0.2, 0.25) is 5.95 Å². The molecule has 0 saturated carbocycles. The summed E-state index contributed by atoms with van der Waals surface area (Å²) in [6.45, 7) is 0.549. The molecule has 0 radical (unpaired) electrons. The first-order valence-electron chi connectivity index (χ1n) is 8.26. The highest BCUT2D eigenvalue weighted by Crippen LogP contribution is 2.13. The summed E-state index contributed by atoms with van der Waals surface area (Å²) in [4.78, 5) is 32.4. The van der Waals surface area contributed by atoms with Crippen LogP contribution in [0.1, 0.15) is 26.4 Å². The summed E-state index contributed by atoms with van der Waals surface area (Å²) in [6, 6.07) is 17.8. The van der Waals surface area contributed by atoms with Crippen molar-refractivity contribution in [3.05, 3.63) is 83.7 Å². The number of nitrogens with zero attached hydrogens (tertiary/aromatic N) is 2. The lowest BCUT2D eigenvalue weighted by Crippen LogP contribution is -2.15. The van der Waals surface area contributed by atoms with Crippen LogP contribution in [0.15, 0.2) is 66.9 Å². The topological polar surface area (TPSA) is 93.2 Å². The molecule has 3 aromatic rings. The van der Waals surface area contributed by atoms with Crippen LogP contribution in [0.25, 0.3) is 0 Å². The summed E-state index contributed by atoms with van der Waals surface area (Å²) in [5.74, 6) is -0.516. The first-order chi connectivity index (χ1) is 13.2. The minimum absolute atomic E-state index is 0.212. The van der Waals surface area contributed by atoms with E-state index in [0.717, 1.165) is 5.56 Å². The highest BCUT2D eigenvalue weighted by molar-refractivity contribution is 6.03. The molecule has 0 aliphatic carbocycles. The molecule has 0 fully saturated rings. The largest absolute Gasteiger partial charge is 0.465 e. The number of benzene rings is 2. The second-order valence-electron chi connectivity index (χ2n) is 5.63. The zero-order chi connectivity index (χ0) is 19.1. The van der Waals surface area contributed by atoms with Crippen molar-refractivity contribution < 1.29 is 14.3 Å². The van der Waals surface area contributed by atoms with E-state index in [1.54, 1.807) is 24.3 Å². The highest BCUT2D eigenvalue weighted by atomic mass is 16.5. The molecular formula is C20H18N4O3. The summed E-state index contributed by atoms with van der Waals surface area (Å²) in [5, 5.41) is 5.80. The number of ether oxygens (including phenoxy) is 1. The molecule has 2 aromatic carbocycles. The number of hydrogen-bond donors (Lipinski definition) is 2. The van der Waals surface area contributed by atoms with Crippen LogP contribution in [0.5, 0.6) is 0 Å². The van der Waals surface area contributed by atoms with Gasteiger partial charge in [-0.25, -0.2) is 14.8 Å². The summed E-state index contributed by atoms with van der Waals surface area (Å²) in [7, 11) is 1.30. The summed E-state index contributed by atoms with van der Waals surface area (Å²) in [5.41, 5.74) is 2.11. The van der Waals surface area contributed by atoms with Crippen LogP contribution in [-0.4, -0.2) is 29.0 Å². The van der Waals surface area contributed by atoms with Gasteiger partial charge in [0.1, 0.15) is 5.69 Å². The predicted octanol–water partition coefficient (Wildman–Crippen LogP) is 3.13. The maximum Gasteiger partial charge on any atom is 0.337 e. The van der Waals surface area contributed by atoms with Crippen LogP contribution in [0.2, 0.25) is 0 Å². The van der Waals surface area contributed by atoms with Crippen molar-refractivity contribution in [1.82, 2.24) is 9.97 Å². The fourth-order valence-electron chi connectivity index (χ4n) is 2.38. The maximum atomic E-state index is 12.4. The van der Waals surface area contributed by atoms with E-state index in [1.165, 1.54) is 19.4 Å². The van der Waals surface area contributed by atoms with Crippen molar-refractivity contribution in [2.45, 2.75) is 6.54 Å². The van der Waals surface area contributed by atoms with Gasteiger partial charge in [-0.05, 0) is 29.8 Å². The van der Waals surface area contributed by atoms with Crippen molar-refractivity contribution in [2.24, 2.45) is 0 Å². The van der Waals surface area contributed by atoms with E-state index in [4.69, 9.17) is 0 Å². The zero-order valence-electron chi connectivity index (χ0n) is 14.7. The molecule has 27 heavy (non-hydrogen) atoms. The molecule has 7 heteroatoms. The Labute approximate surface area is 156 Å². The highest BCUT2D eigenvalue weighted by Gasteiger charge is 2.11. The lowest BCUT2D eigenvalue weighted by atomic mass is 10.2. The van der Waals surface area contributed by atoms with E-state index in [-0.39, 0.29) is 5.69 Å². The first-order valence-corrected chi connectivity index (χ1v) is 8.26. The Bertz CT molecular complexity index is 945. The number of nitrogens with one attached hydrogen (secondary N) is 2. The standard InChI is InChI=1S/C20H18N4O3/c1-27-19(26)15-8-5-9-16(12-15)23-18(25)17-10-11-21-20(24-17)22-13-14-6-3-2-4-7-14/h2-12H,13H2,1H3,(H,23,25)(H,21,22,24). The minimum Gasteiger partial charge on any atom is -0.465 e. The van der Waals surface area contributed by atoms with Crippen molar-refractivity contribution >= 4 is 23.5 Å². The third kappa shape index (κ3) is 4.88. The molecule has 2 N–H and O–H groups in total. The van der Waals surface area contributed by atoms with E-state index in [2.05, 4.69) is 25.3 Å². The second-order valence-corrected chi connectivity index (χ2v) is 5.63. The van der Waals surface area contributed by atoms with Gasteiger partial charge in [-0.3, -0.25) is 4.79 Å². The zero-order valence-corrected chi connectivity index (χ0v) is 14.7. The normalized spacial score (nSPS) is 10.1. The molecule has 1 heterocycles. The SMILES string of the molecule is COC(=O)c1cccc(NC(=O)c2ccnc(NCc3ccccc3)n2)c1. The monoisotopic (exact) mass is 362 g/mol. The third-order valence-electron chi connectivity index (χ3n) is 3.72. The quantitative estimate of drug-likeness (QED) is 0.655. The molecule has 0 aliphatic heterocycles. The Hall–Kier alpha value is -3.74. The number of methoxy groups -OCH3 is 1. The van der Waals surface area contributed by atoms with Crippen LogP contribution < -0.4 is 10.6 Å². The molecule has 0 unspecified atom stereocenters. The van der Waals surface area contributed by atoms with Gasteiger partial charge < -0.3 is 15.4 Å². The maximum absolute atomic E-state index is 12.4. The molecule has 7 nitrogen and oxygen atoms in total. The predicted molar refractivity (Wildman–Crippen MR) is 102 cm³/mol. The van der Waals surface area contributed by atoms with E-state index < -0.39 is 11.9 Å². The summed E-state index contributed by atoms with van der Waals surface area (Å²) >= 11 is 0. The van der Waals surface area contributed by atoms with Crippen LogP contribution in [0, 0.1) is 0 Å². The van der Waals surface area contributed by atoms with Gasteiger partial charge in [-0.2, -0.15) is 0 Å². The van der Waals surface area contributed by atoms with E-state index >= 15 is 0 Å². The Balaban J connectivity index is 1.67. The van der Waals surface area contributed by atoms with Crippen LogP contribution in [0.3, 0.4) is 0 Å². The minimum atomic E-state index is -0.472. The van der Waals surface area contributed by atoms with Crippen LogP contribution in [0.4, 0.5) is 11.6 Å².